The second kappa shape index (κ2) is 9.80. The van der Waals surface area contributed by atoms with Gasteiger partial charge in [0.25, 0.3) is 5.91 Å². The largest absolute Gasteiger partial charge is 0.369 e. The smallest absolute Gasteiger partial charge is 0.251 e. The second-order valence-corrected chi connectivity index (χ2v) is 9.89. The van der Waals surface area contributed by atoms with Crippen molar-refractivity contribution in [3.63, 3.8) is 0 Å². The highest BCUT2D eigenvalue weighted by atomic mass is 35.5. The number of carbonyl (C=O) groups is 2. The molecule has 31 heavy (non-hydrogen) atoms. The first-order valence-electron chi connectivity index (χ1n) is 10.2. The molecule has 2 aromatic rings. The van der Waals surface area contributed by atoms with Crippen LogP contribution >= 0.6 is 11.6 Å². The molecule has 0 saturated heterocycles. The Morgan fingerprint density at radius 1 is 1.10 bits per heavy atom. The fourth-order valence-corrected chi connectivity index (χ4v) is 5.75. The van der Waals surface area contributed by atoms with Crippen molar-refractivity contribution in [1.29, 1.82) is 0 Å². The Morgan fingerprint density at radius 2 is 1.74 bits per heavy atom. The van der Waals surface area contributed by atoms with Crippen LogP contribution in [0, 0.1) is 5.92 Å². The van der Waals surface area contributed by atoms with Gasteiger partial charge in [0, 0.05) is 29.7 Å². The van der Waals surface area contributed by atoms with Crippen LogP contribution in [0.25, 0.3) is 0 Å². The van der Waals surface area contributed by atoms with Crippen molar-refractivity contribution in [2.75, 3.05) is 6.54 Å². The zero-order valence-corrected chi connectivity index (χ0v) is 18.8. The van der Waals surface area contributed by atoms with Gasteiger partial charge in [0.15, 0.2) is 0 Å². The van der Waals surface area contributed by atoms with Gasteiger partial charge in [-0.25, -0.2) is 8.42 Å². The van der Waals surface area contributed by atoms with E-state index in [-0.39, 0.29) is 17.3 Å². The summed E-state index contributed by atoms with van der Waals surface area (Å²) < 4.78 is 28.4. The van der Waals surface area contributed by atoms with Gasteiger partial charge in [0.1, 0.15) is 0 Å². The predicted molar refractivity (Wildman–Crippen MR) is 119 cm³/mol. The molecule has 3 rings (SSSR count). The van der Waals surface area contributed by atoms with Crippen molar-refractivity contribution in [2.24, 2.45) is 11.7 Å². The second-order valence-electron chi connectivity index (χ2n) is 7.57. The molecule has 0 bridgehead atoms. The fraction of sp³-hybridized carbons (Fsp3) is 0.364. The van der Waals surface area contributed by atoms with Gasteiger partial charge in [0.05, 0.1) is 10.8 Å². The van der Waals surface area contributed by atoms with Crippen LogP contribution in [-0.2, 0) is 21.4 Å². The van der Waals surface area contributed by atoms with Gasteiger partial charge >= 0.3 is 0 Å². The van der Waals surface area contributed by atoms with E-state index < -0.39 is 27.9 Å². The van der Waals surface area contributed by atoms with Crippen molar-refractivity contribution < 1.29 is 18.0 Å². The third-order valence-electron chi connectivity index (χ3n) is 5.53. The highest BCUT2D eigenvalue weighted by Crippen LogP contribution is 2.34. The Hall–Kier alpha value is -2.42. The van der Waals surface area contributed by atoms with E-state index in [0.29, 0.717) is 35.5 Å². The molecule has 0 aliphatic heterocycles. The molecule has 0 heterocycles. The quantitative estimate of drug-likeness (QED) is 0.627. The number of hydrogen-bond acceptors (Lipinski definition) is 4. The van der Waals surface area contributed by atoms with Crippen molar-refractivity contribution in [3.8, 4) is 0 Å². The highest BCUT2D eigenvalue weighted by molar-refractivity contribution is 7.89. The molecule has 1 saturated carbocycles. The normalized spacial score (nSPS) is 18.8. The third-order valence-corrected chi connectivity index (χ3v) is 7.66. The first-order chi connectivity index (χ1) is 14.7. The minimum Gasteiger partial charge on any atom is -0.369 e. The highest BCUT2D eigenvalue weighted by Gasteiger charge is 2.41. The van der Waals surface area contributed by atoms with E-state index in [1.807, 2.05) is 6.92 Å². The minimum atomic E-state index is -3.91. The van der Waals surface area contributed by atoms with Crippen LogP contribution in [0.2, 0.25) is 5.02 Å². The van der Waals surface area contributed by atoms with Crippen molar-refractivity contribution in [2.45, 2.75) is 43.7 Å². The molecule has 1 aliphatic rings. The summed E-state index contributed by atoms with van der Waals surface area (Å²) >= 11 is 5.92. The number of nitrogens with one attached hydrogen (secondary N) is 1. The van der Waals surface area contributed by atoms with Crippen LogP contribution < -0.4 is 11.1 Å². The number of sulfonamides is 1. The Morgan fingerprint density at radius 3 is 2.32 bits per heavy atom. The van der Waals surface area contributed by atoms with Crippen LogP contribution in [0.1, 0.15) is 42.1 Å². The van der Waals surface area contributed by atoms with E-state index in [2.05, 4.69) is 5.32 Å². The number of benzene rings is 2. The van der Waals surface area contributed by atoms with E-state index in [4.69, 9.17) is 17.3 Å². The maximum atomic E-state index is 13.5. The maximum Gasteiger partial charge on any atom is 0.251 e. The maximum absolute atomic E-state index is 13.5. The lowest BCUT2D eigenvalue weighted by atomic mass is 10.0. The number of hydrogen-bond donors (Lipinski definition) is 2. The zero-order chi connectivity index (χ0) is 22.6. The number of rotatable bonds is 8. The lowest BCUT2D eigenvalue weighted by molar-refractivity contribution is -0.122. The summed E-state index contributed by atoms with van der Waals surface area (Å²) in [7, 11) is -3.91. The van der Waals surface area contributed by atoms with Gasteiger partial charge in [-0.05, 0) is 61.7 Å². The summed E-state index contributed by atoms with van der Waals surface area (Å²) in [6.07, 6.45) is 1.83. The van der Waals surface area contributed by atoms with Crippen molar-refractivity contribution >= 4 is 33.4 Å². The van der Waals surface area contributed by atoms with Crippen molar-refractivity contribution in [3.05, 3.63) is 64.7 Å². The average molecular weight is 464 g/mol. The summed E-state index contributed by atoms with van der Waals surface area (Å²) in [6, 6.07) is 12.2. The van der Waals surface area contributed by atoms with Gasteiger partial charge in [-0.1, -0.05) is 30.2 Å². The number of halogens is 1. The van der Waals surface area contributed by atoms with Gasteiger partial charge in [-0.3, -0.25) is 9.59 Å². The Balaban J connectivity index is 1.95. The average Bonchev–Trinajstić information content (AvgIpc) is 3.22. The first kappa shape index (κ1) is 23.2. The van der Waals surface area contributed by atoms with E-state index in [1.165, 1.54) is 28.6 Å². The molecule has 9 heteroatoms. The molecule has 0 spiro atoms. The molecule has 0 aromatic heterocycles. The molecule has 2 amide bonds. The minimum absolute atomic E-state index is 0.0646. The summed E-state index contributed by atoms with van der Waals surface area (Å²) in [4.78, 5) is 24.1. The molecule has 2 aromatic carbocycles. The Bertz CT molecular complexity index is 1040. The Labute approximate surface area is 187 Å². The Kier molecular flexibility index (Phi) is 7.35. The molecular weight excluding hydrogens is 438 g/mol. The predicted octanol–water partition coefficient (Wildman–Crippen LogP) is 2.93. The number of carbonyl (C=O) groups excluding carboxylic acids is 2. The van der Waals surface area contributed by atoms with Crippen LogP contribution in [0.15, 0.2) is 53.4 Å². The van der Waals surface area contributed by atoms with Crippen LogP contribution in [0.4, 0.5) is 0 Å². The van der Waals surface area contributed by atoms with Gasteiger partial charge in [-0.15, -0.1) is 0 Å². The molecule has 1 fully saturated rings. The standard InChI is InChI=1S/C22H26ClN3O4S/c1-2-25-22(28)16-8-6-15(7-9-16)14-26(20-5-3-4-19(20)21(24)27)31(29,30)18-12-10-17(23)11-13-18/h6-13,19-20H,2-5,14H2,1H3,(H2,24,27)(H,25,28)/t19-,20-/m1/s1. The fourth-order valence-electron chi connectivity index (χ4n) is 3.94. The number of nitrogens with zero attached hydrogens (tertiary/aromatic N) is 1. The number of amides is 2. The van der Waals surface area contributed by atoms with E-state index in [1.54, 1.807) is 24.3 Å². The molecule has 0 unspecified atom stereocenters. The van der Waals surface area contributed by atoms with Gasteiger partial charge < -0.3 is 11.1 Å². The van der Waals surface area contributed by atoms with E-state index in [9.17, 15) is 18.0 Å². The lowest BCUT2D eigenvalue weighted by Crippen LogP contribution is -2.45. The molecule has 0 radical (unpaired) electrons. The van der Waals surface area contributed by atoms with Gasteiger partial charge in [0.2, 0.25) is 15.9 Å². The molecule has 7 nitrogen and oxygen atoms in total. The van der Waals surface area contributed by atoms with Gasteiger partial charge in [-0.2, -0.15) is 4.31 Å². The summed E-state index contributed by atoms with van der Waals surface area (Å²) in [5, 5.41) is 3.16. The molecule has 1 aliphatic carbocycles. The number of primary amides is 1. The SMILES string of the molecule is CCNC(=O)c1ccc(CN([C@@H]2CCC[C@H]2C(N)=O)S(=O)(=O)c2ccc(Cl)cc2)cc1. The molecule has 2 atom stereocenters. The zero-order valence-electron chi connectivity index (χ0n) is 17.3. The van der Waals surface area contributed by atoms with E-state index >= 15 is 0 Å². The summed E-state index contributed by atoms with van der Waals surface area (Å²) in [5.41, 5.74) is 6.78. The van der Waals surface area contributed by atoms with E-state index in [0.717, 1.165) is 6.42 Å². The first-order valence-corrected chi connectivity index (χ1v) is 12.0. The summed E-state index contributed by atoms with van der Waals surface area (Å²) in [6.45, 7) is 2.42. The topological polar surface area (TPSA) is 110 Å². The monoisotopic (exact) mass is 463 g/mol. The number of nitrogens with two attached hydrogens (primary N) is 1. The van der Waals surface area contributed by atoms with Crippen molar-refractivity contribution in [1.82, 2.24) is 9.62 Å². The molecular formula is C22H26ClN3O4S. The van der Waals surface area contributed by atoms with Crippen LogP contribution in [-0.4, -0.2) is 37.1 Å². The molecule has 166 valence electrons. The van der Waals surface area contributed by atoms with Crippen LogP contribution in [0.3, 0.4) is 0 Å². The van der Waals surface area contributed by atoms with Crippen LogP contribution in [0.5, 0.6) is 0 Å². The lowest BCUT2D eigenvalue weighted by Gasteiger charge is -2.31. The molecule has 3 N–H and O–H groups in total. The third kappa shape index (κ3) is 5.26. The summed E-state index contributed by atoms with van der Waals surface area (Å²) in [5.74, 6) is -1.23.